The van der Waals surface area contributed by atoms with Gasteiger partial charge in [0.2, 0.25) is 0 Å². The summed E-state index contributed by atoms with van der Waals surface area (Å²) in [6, 6.07) is 7.57. The molecule has 0 heterocycles. The summed E-state index contributed by atoms with van der Waals surface area (Å²) < 4.78 is 0. The van der Waals surface area contributed by atoms with Gasteiger partial charge in [-0.3, -0.25) is 4.79 Å². The zero-order valence-corrected chi connectivity index (χ0v) is 10.1. The summed E-state index contributed by atoms with van der Waals surface area (Å²) in [6.07, 6.45) is 0.0713. The Balaban J connectivity index is 2.72. The van der Waals surface area contributed by atoms with Gasteiger partial charge in [-0.2, -0.15) is 0 Å². The molecule has 88 valence electrons. The van der Waals surface area contributed by atoms with Gasteiger partial charge in [0.15, 0.2) is 0 Å². The van der Waals surface area contributed by atoms with E-state index in [9.17, 15) is 4.79 Å². The first-order chi connectivity index (χ1) is 7.67. The number of carboxylic acid groups (broad SMARTS) is 1. The first-order valence-corrected chi connectivity index (χ1v) is 5.82. The molecular formula is C12H16ClNO2. The molecule has 1 rings (SSSR count). The Morgan fingerprint density at radius 1 is 1.38 bits per heavy atom. The van der Waals surface area contributed by atoms with Crippen LogP contribution < -0.4 is 4.90 Å². The average Bonchev–Trinajstić information content (AvgIpc) is 2.26. The number of hydrogen-bond acceptors (Lipinski definition) is 2. The topological polar surface area (TPSA) is 40.5 Å². The number of rotatable bonds is 6. The minimum atomic E-state index is -0.805. The predicted octanol–water partition coefficient (Wildman–Crippen LogP) is 2.38. The molecule has 0 atom stereocenters. The number of alkyl halides is 1. The third-order valence-corrected chi connectivity index (χ3v) is 2.56. The van der Waals surface area contributed by atoms with E-state index >= 15 is 0 Å². The van der Waals surface area contributed by atoms with Gasteiger partial charge in [-0.05, 0) is 24.6 Å². The molecule has 1 N–H and O–H groups in total. The molecule has 0 aliphatic carbocycles. The molecule has 4 heteroatoms. The van der Waals surface area contributed by atoms with Gasteiger partial charge in [0.1, 0.15) is 0 Å². The van der Waals surface area contributed by atoms with E-state index in [0.29, 0.717) is 5.88 Å². The first-order valence-electron chi connectivity index (χ1n) is 5.29. The molecule has 0 aliphatic rings. The van der Waals surface area contributed by atoms with E-state index in [0.717, 1.165) is 24.3 Å². The highest BCUT2D eigenvalue weighted by atomic mass is 35.5. The van der Waals surface area contributed by atoms with Gasteiger partial charge in [0, 0.05) is 24.7 Å². The average molecular weight is 242 g/mol. The quantitative estimate of drug-likeness (QED) is 0.778. The highest BCUT2D eigenvalue weighted by molar-refractivity contribution is 6.18. The number of aliphatic carboxylic acids is 1. The molecule has 1 aromatic carbocycles. The van der Waals surface area contributed by atoms with Crippen molar-refractivity contribution in [1.29, 1.82) is 0 Å². The molecule has 0 saturated heterocycles. The van der Waals surface area contributed by atoms with Crippen molar-refractivity contribution in [2.75, 3.05) is 23.9 Å². The maximum Gasteiger partial charge on any atom is 0.307 e. The summed E-state index contributed by atoms with van der Waals surface area (Å²) in [5.74, 6) is -0.217. The number of carboxylic acids is 1. The Bertz CT molecular complexity index is 337. The van der Waals surface area contributed by atoms with Crippen LogP contribution in [0, 0.1) is 0 Å². The van der Waals surface area contributed by atoms with Crippen molar-refractivity contribution < 1.29 is 9.90 Å². The lowest BCUT2D eigenvalue weighted by Gasteiger charge is -2.21. The standard InChI is InChI=1S/C12H16ClNO2/c1-2-14(8-7-13)11-5-3-10(4-6-11)9-12(15)16/h3-6H,2,7-9H2,1H3,(H,15,16). The Morgan fingerprint density at radius 2 is 2.00 bits per heavy atom. The molecule has 1 aromatic rings. The van der Waals surface area contributed by atoms with Crippen LogP contribution in [0.1, 0.15) is 12.5 Å². The fourth-order valence-electron chi connectivity index (χ4n) is 1.57. The van der Waals surface area contributed by atoms with Gasteiger partial charge < -0.3 is 10.0 Å². The van der Waals surface area contributed by atoms with E-state index in [4.69, 9.17) is 16.7 Å². The third kappa shape index (κ3) is 3.74. The summed E-state index contributed by atoms with van der Waals surface area (Å²) in [5.41, 5.74) is 1.90. The number of benzene rings is 1. The Morgan fingerprint density at radius 3 is 2.44 bits per heavy atom. The molecule has 0 unspecified atom stereocenters. The zero-order chi connectivity index (χ0) is 12.0. The largest absolute Gasteiger partial charge is 0.481 e. The van der Waals surface area contributed by atoms with Crippen LogP contribution in [-0.4, -0.2) is 30.0 Å². The molecule has 0 fully saturated rings. The molecule has 0 amide bonds. The molecule has 16 heavy (non-hydrogen) atoms. The number of hydrogen-bond donors (Lipinski definition) is 1. The van der Waals surface area contributed by atoms with E-state index in [2.05, 4.69) is 11.8 Å². The van der Waals surface area contributed by atoms with Gasteiger partial charge >= 0.3 is 5.97 Å². The summed E-state index contributed by atoms with van der Waals surface area (Å²) in [4.78, 5) is 12.7. The Kier molecular flexibility index (Phi) is 5.12. The second kappa shape index (κ2) is 6.38. The number of halogens is 1. The van der Waals surface area contributed by atoms with Crippen molar-refractivity contribution in [3.05, 3.63) is 29.8 Å². The molecule has 0 saturated carbocycles. The van der Waals surface area contributed by atoms with Crippen LogP contribution in [-0.2, 0) is 11.2 Å². The van der Waals surface area contributed by atoms with Gasteiger partial charge in [0.25, 0.3) is 0 Å². The normalized spacial score (nSPS) is 10.1. The molecule has 0 spiro atoms. The van der Waals surface area contributed by atoms with Crippen LogP contribution in [0.2, 0.25) is 0 Å². The lowest BCUT2D eigenvalue weighted by atomic mass is 10.1. The van der Waals surface area contributed by atoms with E-state index in [1.807, 2.05) is 24.3 Å². The fraction of sp³-hybridized carbons (Fsp3) is 0.417. The Labute approximate surface area is 101 Å². The summed E-state index contributed by atoms with van der Waals surface area (Å²) in [6.45, 7) is 3.76. The van der Waals surface area contributed by atoms with Crippen LogP contribution in [0.15, 0.2) is 24.3 Å². The van der Waals surface area contributed by atoms with E-state index in [1.54, 1.807) is 0 Å². The van der Waals surface area contributed by atoms with Crippen molar-refractivity contribution in [3.63, 3.8) is 0 Å². The van der Waals surface area contributed by atoms with E-state index in [1.165, 1.54) is 0 Å². The van der Waals surface area contributed by atoms with E-state index in [-0.39, 0.29) is 6.42 Å². The minimum absolute atomic E-state index is 0.0713. The van der Waals surface area contributed by atoms with Gasteiger partial charge in [-0.15, -0.1) is 11.6 Å². The number of anilines is 1. The monoisotopic (exact) mass is 241 g/mol. The second-order valence-corrected chi connectivity index (χ2v) is 3.88. The molecular weight excluding hydrogens is 226 g/mol. The van der Waals surface area contributed by atoms with Gasteiger partial charge in [0.05, 0.1) is 6.42 Å². The van der Waals surface area contributed by atoms with Gasteiger partial charge in [-0.1, -0.05) is 12.1 Å². The van der Waals surface area contributed by atoms with Crippen molar-refractivity contribution in [2.45, 2.75) is 13.3 Å². The number of carbonyl (C=O) groups is 1. The Hall–Kier alpha value is -1.22. The maximum absolute atomic E-state index is 10.5. The molecule has 0 radical (unpaired) electrons. The fourth-order valence-corrected chi connectivity index (χ4v) is 1.78. The summed E-state index contributed by atoms with van der Waals surface area (Å²) in [5, 5.41) is 8.65. The van der Waals surface area contributed by atoms with Crippen molar-refractivity contribution >= 4 is 23.3 Å². The highest BCUT2D eigenvalue weighted by Gasteiger charge is 2.04. The zero-order valence-electron chi connectivity index (χ0n) is 9.32. The molecule has 0 aromatic heterocycles. The SMILES string of the molecule is CCN(CCCl)c1ccc(CC(=O)O)cc1. The lowest BCUT2D eigenvalue weighted by molar-refractivity contribution is -0.136. The predicted molar refractivity (Wildman–Crippen MR) is 66.4 cm³/mol. The third-order valence-electron chi connectivity index (χ3n) is 2.39. The molecule has 0 bridgehead atoms. The van der Waals surface area contributed by atoms with Gasteiger partial charge in [-0.25, -0.2) is 0 Å². The van der Waals surface area contributed by atoms with Crippen LogP contribution in [0.3, 0.4) is 0 Å². The highest BCUT2D eigenvalue weighted by Crippen LogP contribution is 2.15. The van der Waals surface area contributed by atoms with Crippen molar-refractivity contribution in [3.8, 4) is 0 Å². The minimum Gasteiger partial charge on any atom is -0.481 e. The van der Waals surface area contributed by atoms with Crippen molar-refractivity contribution in [2.24, 2.45) is 0 Å². The van der Waals surface area contributed by atoms with Crippen LogP contribution >= 0.6 is 11.6 Å². The molecule has 0 aliphatic heterocycles. The summed E-state index contributed by atoms with van der Waals surface area (Å²) >= 11 is 5.71. The first kappa shape index (κ1) is 12.8. The smallest absolute Gasteiger partial charge is 0.307 e. The molecule has 3 nitrogen and oxygen atoms in total. The second-order valence-electron chi connectivity index (χ2n) is 3.51. The summed E-state index contributed by atoms with van der Waals surface area (Å²) in [7, 11) is 0. The number of nitrogens with zero attached hydrogens (tertiary/aromatic N) is 1. The van der Waals surface area contributed by atoms with Crippen LogP contribution in [0.25, 0.3) is 0 Å². The van der Waals surface area contributed by atoms with E-state index < -0.39 is 5.97 Å². The maximum atomic E-state index is 10.5. The lowest BCUT2D eigenvalue weighted by Crippen LogP contribution is -2.24. The van der Waals surface area contributed by atoms with Crippen LogP contribution in [0.4, 0.5) is 5.69 Å². The van der Waals surface area contributed by atoms with Crippen LogP contribution in [0.5, 0.6) is 0 Å². The van der Waals surface area contributed by atoms with Crippen molar-refractivity contribution in [1.82, 2.24) is 0 Å².